The Balaban J connectivity index is 2.29. The first-order chi connectivity index (χ1) is 7.99. The van der Waals surface area contributed by atoms with Crippen molar-refractivity contribution in [2.45, 2.75) is 26.7 Å². The number of carbonyl (C=O) groups excluding carboxylic acids is 1. The van der Waals surface area contributed by atoms with Gasteiger partial charge >= 0.3 is 0 Å². The molecule has 0 aromatic rings. The van der Waals surface area contributed by atoms with Crippen molar-refractivity contribution in [2.75, 3.05) is 26.2 Å². The molecule has 1 amide bonds. The number of likely N-dealkylation sites (tertiary alicyclic amines) is 1. The SMILES string of the molecule is C=C(Cl)CN1CCCC(CNC(=O)C(C)C)C1. The molecule has 0 aromatic carbocycles. The lowest BCUT2D eigenvalue weighted by Gasteiger charge is -2.32. The Morgan fingerprint density at radius 3 is 2.88 bits per heavy atom. The molecule has 1 saturated heterocycles. The van der Waals surface area contributed by atoms with E-state index >= 15 is 0 Å². The van der Waals surface area contributed by atoms with E-state index in [0.717, 1.165) is 26.2 Å². The van der Waals surface area contributed by atoms with Crippen LogP contribution in [0, 0.1) is 11.8 Å². The quantitative estimate of drug-likeness (QED) is 0.820. The topological polar surface area (TPSA) is 32.3 Å². The normalized spacial score (nSPS) is 21.5. The van der Waals surface area contributed by atoms with Crippen molar-refractivity contribution in [2.24, 2.45) is 11.8 Å². The molecule has 0 aromatic heterocycles. The zero-order chi connectivity index (χ0) is 12.8. The van der Waals surface area contributed by atoms with Gasteiger partial charge in [0.1, 0.15) is 0 Å². The number of hydrogen-bond acceptors (Lipinski definition) is 2. The van der Waals surface area contributed by atoms with E-state index in [2.05, 4.69) is 16.8 Å². The predicted octanol–water partition coefficient (Wildman–Crippen LogP) is 2.22. The Morgan fingerprint density at radius 2 is 2.29 bits per heavy atom. The maximum absolute atomic E-state index is 11.5. The summed E-state index contributed by atoms with van der Waals surface area (Å²) in [5, 5.41) is 3.70. The van der Waals surface area contributed by atoms with Gasteiger partial charge in [0.25, 0.3) is 0 Å². The van der Waals surface area contributed by atoms with Crippen molar-refractivity contribution in [1.82, 2.24) is 10.2 Å². The second kappa shape index (κ2) is 7.02. The highest BCUT2D eigenvalue weighted by atomic mass is 35.5. The highest BCUT2D eigenvalue weighted by Crippen LogP contribution is 2.17. The standard InChI is InChI=1S/C13H23ClN2O/c1-10(2)13(17)15-7-12-5-4-6-16(9-12)8-11(3)14/h10,12H,3-9H2,1-2H3,(H,15,17). The van der Waals surface area contributed by atoms with Gasteiger partial charge < -0.3 is 5.32 Å². The first kappa shape index (κ1) is 14.5. The third-order valence-corrected chi connectivity index (χ3v) is 3.21. The van der Waals surface area contributed by atoms with Crippen LogP contribution in [0.2, 0.25) is 0 Å². The summed E-state index contributed by atoms with van der Waals surface area (Å²) in [5.74, 6) is 0.753. The molecule has 17 heavy (non-hydrogen) atoms. The molecule has 3 nitrogen and oxygen atoms in total. The predicted molar refractivity (Wildman–Crippen MR) is 72.0 cm³/mol. The Bertz CT molecular complexity index is 279. The van der Waals surface area contributed by atoms with Crippen LogP contribution in [0.25, 0.3) is 0 Å². The van der Waals surface area contributed by atoms with Crippen LogP contribution >= 0.6 is 11.6 Å². The molecule has 0 bridgehead atoms. The Kier molecular flexibility index (Phi) is 6.00. The van der Waals surface area contributed by atoms with E-state index in [-0.39, 0.29) is 11.8 Å². The molecule has 98 valence electrons. The van der Waals surface area contributed by atoms with Crippen molar-refractivity contribution in [1.29, 1.82) is 0 Å². The van der Waals surface area contributed by atoms with Gasteiger partial charge in [0.2, 0.25) is 5.91 Å². The van der Waals surface area contributed by atoms with Crippen molar-refractivity contribution < 1.29 is 4.79 Å². The fourth-order valence-corrected chi connectivity index (χ4v) is 2.32. The van der Waals surface area contributed by atoms with Crippen LogP contribution in [0.1, 0.15) is 26.7 Å². The molecular weight excluding hydrogens is 236 g/mol. The summed E-state index contributed by atoms with van der Waals surface area (Å²) in [4.78, 5) is 13.8. The van der Waals surface area contributed by atoms with Gasteiger partial charge in [0.05, 0.1) is 0 Å². The minimum atomic E-state index is 0.0670. The molecule has 1 heterocycles. The molecule has 1 aliphatic rings. The first-order valence-corrected chi connectivity index (χ1v) is 6.70. The maximum Gasteiger partial charge on any atom is 0.222 e. The number of amides is 1. The molecule has 1 unspecified atom stereocenters. The molecule has 4 heteroatoms. The van der Waals surface area contributed by atoms with E-state index < -0.39 is 0 Å². The maximum atomic E-state index is 11.5. The van der Waals surface area contributed by atoms with E-state index in [1.165, 1.54) is 12.8 Å². The Labute approximate surface area is 109 Å². The second-order valence-electron chi connectivity index (χ2n) is 5.16. The fraction of sp³-hybridized carbons (Fsp3) is 0.769. The van der Waals surface area contributed by atoms with Gasteiger partial charge in [-0.2, -0.15) is 0 Å². The van der Waals surface area contributed by atoms with Crippen molar-refractivity contribution in [3.63, 3.8) is 0 Å². The number of piperidine rings is 1. The highest BCUT2D eigenvalue weighted by molar-refractivity contribution is 6.29. The minimum Gasteiger partial charge on any atom is -0.356 e. The average Bonchev–Trinajstić information content (AvgIpc) is 2.25. The zero-order valence-corrected chi connectivity index (χ0v) is 11.6. The van der Waals surface area contributed by atoms with Crippen LogP contribution in [0.4, 0.5) is 0 Å². The summed E-state index contributed by atoms with van der Waals surface area (Å²) < 4.78 is 0. The van der Waals surface area contributed by atoms with Gasteiger partial charge in [-0.25, -0.2) is 0 Å². The summed E-state index contributed by atoms with van der Waals surface area (Å²) >= 11 is 5.82. The fourth-order valence-electron chi connectivity index (χ4n) is 2.15. The van der Waals surface area contributed by atoms with Gasteiger partial charge in [-0.1, -0.05) is 32.0 Å². The van der Waals surface area contributed by atoms with Gasteiger partial charge in [0, 0.05) is 30.6 Å². The van der Waals surface area contributed by atoms with Crippen LogP contribution in [0.3, 0.4) is 0 Å². The monoisotopic (exact) mass is 258 g/mol. The molecule has 0 aliphatic carbocycles. The van der Waals surface area contributed by atoms with E-state index in [1.54, 1.807) is 0 Å². The summed E-state index contributed by atoms with van der Waals surface area (Å²) in [6.45, 7) is 11.2. The molecule has 1 aliphatic heterocycles. The molecular formula is C13H23ClN2O. The van der Waals surface area contributed by atoms with Crippen LogP contribution < -0.4 is 5.32 Å². The lowest BCUT2D eigenvalue weighted by molar-refractivity contribution is -0.124. The van der Waals surface area contributed by atoms with E-state index in [0.29, 0.717) is 11.0 Å². The highest BCUT2D eigenvalue weighted by Gasteiger charge is 2.20. The van der Waals surface area contributed by atoms with Crippen LogP contribution in [0.5, 0.6) is 0 Å². The summed E-state index contributed by atoms with van der Waals surface area (Å²) in [6.07, 6.45) is 2.36. The molecule has 0 radical (unpaired) electrons. The summed E-state index contributed by atoms with van der Waals surface area (Å²) in [7, 11) is 0. The number of halogens is 1. The third kappa shape index (κ3) is 5.55. The lowest BCUT2D eigenvalue weighted by Crippen LogP contribution is -2.42. The van der Waals surface area contributed by atoms with E-state index in [1.807, 2.05) is 13.8 Å². The Hall–Kier alpha value is -0.540. The first-order valence-electron chi connectivity index (χ1n) is 6.32. The van der Waals surface area contributed by atoms with Crippen LogP contribution in [-0.2, 0) is 4.79 Å². The van der Waals surface area contributed by atoms with Gasteiger partial charge in [0.15, 0.2) is 0 Å². The molecule has 1 rings (SSSR count). The van der Waals surface area contributed by atoms with Gasteiger partial charge in [-0.05, 0) is 25.3 Å². The molecule has 0 saturated carbocycles. The lowest BCUT2D eigenvalue weighted by atomic mass is 9.98. The van der Waals surface area contributed by atoms with Crippen LogP contribution in [-0.4, -0.2) is 37.0 Å². The number of hydrogen-bond donors (Lipinski definition) is 1. The number of nitrogens with zero attached hydrogens (tertiary/aromatic N) is 1. The smallest absolute Gasteiger partial charge is 0.222 e. The number of rotatable bonds is 5. The van der Waals surface area contributed by atoms with Crippen molar-refractivity contribution >= 4 is 17.5 Å². The largest absolute Gasteiger partial charge is 0.356 e. The average molecular weight is 259 g/mol. The minimum absolute atomic E-state index is 0.0670. The number of carbonyl (C=O) groups is 1. The molecule has 1 fully saturated rings. The summed E-state index contributed by atoms with van der Waals surface area (Å²) in [5.41, 5.74) is 0. The molecule has 0 spiro atoms. The molecule has 1 atom stereocenters. The molecule has 1 N–H and O–H groups in total. The Morgan fingerprint density at radius 1 is 1.59 bits per heavy atom. The van der Waals surface area contributed by atoms with Gasteiger partial charge in [-0.3, -0.25) is 9.69 Å². The van der Waals surface area contributed by atoms with Crippen molar-refractivity contribution in [3.05, 3.63) is 11.6 Å². The van der Waals surface area contributed by atoms with E-state index in [9.17, 15) is 4.79 Å². The van der Waals surface area contributed by atoms with Crippen LogP contribution in [0.15, 0.2) is 11.6 Å². The van der Waals surface area contributed by atoms with Gasteiger partial charge in [-0.15, -0.1) is 0 Å². The van der Waals surface area contributed by atoms with E-state index in [4.69, 9.17) is 11.6 Å². The third-order valence-electron chi connectivity index (χ3n) is 3.09. The summed E-state index contributed by atoms with van der Waals surface area (Å²) in [6, 6.07) is 0. The van der Waals surface area contributed by atoms with Crippen molar-refractivity contribution in [3.8, 4) is 0 Å². The zero-order valence-electron chi connectivity index (χ0n) is 10.8. The second-order valence-corrected chi connectivity index (χ2v) is 5.70. The number of nitrogens with one attached hydrogen (secondary N) is 1.